The van der Waals surface area contributed by atoms with Gasteiger partial charge in [-0.05, 0) is 48.6 Å². The van der Waals surface area contributed by atoms with Crippen LogP contribution in [0, 0.1) is 11.7 Å². The van der Waals surface area contributed by atoms with Gasteiger partial charge in [-0.2, -0.15) is 0 Å². The second-order valence-electron chi connectivity index (χ2n) is 8.25. The Bertz CT molecular complexity index is 893. The van der Waals surface area contributed by atoms with Crippen LogP contribution in [0.4, 0.5) is 10.1 Å². The van der Waals surface area contributed by atoms with Gasteiger partial charge in [-0.1, -0.05) is 38.1 Å². The van der Waals surface area contributed by atoms with Crippen molar-refractivity contribution in [3.63, 3.8) is 0 Å². The highest BCUT2D eigenvalue weighted by atomic mass is 19.1. The zero-order valence-corrected chi connectivity index (χ0v) is 18.0. The van der Waals surface area contributed by atoms with Crippen LogP contribution in [0.1, 0.15) is 42.6 Å². The maximum Gasteiger partial charge on any atom is 0.253 e. The van der Waals surface area contributed by atoms with Crippen LogP contribution in [0.15, 0.2) is 48.5 Å². The lowest BCUT2D eigenvalue weighted by atomic mass is 9.82. The molecule has 0 saturated carbocycles. The number of nitrogens with one attached hydrogen (secondary N) is 3. The average molecular weight is 428 g/mol. The Morgan fingerprint density at radius 2 is 1.74 bits per heavy atom. The van der Waals surface area contributed by atoms with Gasteiger partial charge in [0, 0.05) is 25.3 Å². The molecule has 0 aromatic heterocycles. The summed E-state index contributed by atoms with van der Waals surface area (Å²) in [6.07, 6.45) is 1.36. The third-order valence-electron chi connectivity index (χ3n) is 5.45. The number of rotatable bonds is 8. The van der Waals surface area contributed by atoms with E-state index in [0.29, 0.717) is 49.8 Å². The van der Waals surface area contributed by atoms with Crippen molar-refractivity contribution in [2.75, 3.05) is 31.6 Å². The number of benzene rings is 2. The SMILES string of the molecule is CC(C)CNC(=O)c1ccccc1NC(=O)CNC1(c2ccc(F)cc2)CCOCC1. The smallest absolute Gasteiger partial charge is 0.253 e. The van der Waals surface area contributed by atoms with Gasteiger partial charge in [0.25, 0.3) is 5.91 Å². The Hall–Kier alpha value is -2.77. The van der Waals surface area contributed by atoms with Crippen LogP contribution in [-0.2, 0) is 15.1 Å². The Kier molecular flexibility index (Phi) is 7.76. The van der Waals surface area contributed by atoms with E-state index in [-0.39, 0.29) is 24.2 Å². The molecular formula is C24H30FN3O3. The number of hydrogen-bond acceptors (Lipinski definition) is 4. The van der Waals surface area contributed by atoms with Crippen molar-refractivity contribution in [1.29, 1.82) is 0 Å². The van der Waals surface area contributed by atoms with Gasteiger partial charge in [-0.3, -0.25) is 14.9 Å². The molecule has 0 unspecified atom stereocenters. The van der Waals surface area contributed by atoms with Crippen LogP contribution in [0.25, 0.3) is 0 Å². The predicted molar refractivity (Wildman–Crippen MR) is 118 cm³/mol. The minimum absolute atomic E-state index is 0.0549. The average Bonchev–Trinajstić information content (AvgIpc) is 2.77. The number of amides is 2. The molecule has 0 radical (unpaired) electrons. The molecule has 3 N–H and O–H groups in total. The van der Waals surface area contributed by atoms with Crippen molar-refractivity contribution >= 4 is 17.5 Å². The number of carbonyl (C=O) groups excluding carboxylic acids is 2. The van der Waals surface area contributed by atoms with Gasteiger partial charge in [-0.25, -0.2) is 4.39 Å². The molecule has 0 bridgehead atoms. The van der Waals surface area contributed by atoms with Crippen molar-refractivity contribution < 1.29 is 18.7 Å². The highest BCUT2D eigenvalue weighted by Gasteiger charge is 2.34. The van der Waals surface area contributed by atoms with Crippen molar-refractivity contribution in [2.24, 2.45) is 5.92 Å². The largest absolute Gasteiger partial charge is 0.381 e. The lowest BCUT2D eigenvalue weighted by molar-refractivity contribution is -0.116. The first-order valence-corrected chi connectivity index (χ1v) is 10.7. The van der Waals surface area contributed by atoms with Crippen LogP contribution in [0.2, 0.25) is 0 Å². The van der Waals surface area contributed by atoms with Crippen molar-refractivity contribution in [3.05, 3.63) is 65.5 Å². The Balaban J connectivity index is 1.67. The van der Waals surface area contributed by atoms with Crippen LogP contribution < -0.4 is 16.0 Å². The lowest BCUT2D eigenvalue weighted by Gasteiger charge is -2.38. The monoisotopic (exact) mass is 427 g/mol. The third-order valence-corrected chi connectivity index (χ3v) is 5.45. The minimum Gasteiger partial charge on any atom is -0.381 e. The van der Waals surface area contributed by atoms with Crippen molar-refractivity contribution in [3.8, 4) is 0 Å². The standard InChI is InChI=1S/C24H30FN3O3/c1-17(2)15-26-23(30)20-5-3-4-6-21(20)28-22(29)16-27-24(11-13-31-14-12-24)18-7-9-19(25)10-8-18/h3-10,17,27H,11-16H2,1-2H3,(H,26,30)(H,28,29). The number of ether oxygens (including phenoxy) is 1. The molecule has 3 rings (SSSR count). The van der Waals surface area contributed by atoms with E-state index in [0.717, 1.165) is 5.56 Å². The Morgan fingerprint density at radius 1 is 1.06 bits per heavy atom. The summed E-state index contributed by atoms with van der Waals surface area (Å²) in [7, 11) is 0. The molecule has 0 aliphatic carbocycles. The maximum atomic E-state index is 13.4. The summed E-state index contributed by atoms with van der Waals surface area (Å²) < 4.78 is 18.9. The van der Waals surface area contributed by atoms with Gasteiger partial charge >= 0.3 is 0 Å². The first-order chi connectivity index (χ1) is 14.9. The highest BCUT2D eigenvalue weighted by molar-refractivity contribution is 6.04. The van der Waals surface area contributed by atoms with E-state index in [9.17, 15) is 14.0 Å². The van der Waals surface area contributed by atoms with Crippen molar-refractivity contribution in [2.45, 2.75) is 32.2 Å². The van der Waals surface area contributed by atoms with Crippen LogP contribution in [-0.4, -0.2) is 38.1 Å². The summed E-state index contributed by atoms with van der Waals surface area (Å²) >= 11 is 0. The van der Waals surface area contributed by atoms with Gasteiger partial charge < -0.3 is 15.4 Å². The van der Waals surface area contributed by atoms with Crippen molar-refractivity contribution in [1.82, 2.24) is 10.6 Å². The van der Waals surface area contributed by atoms with E-state index in [2.05, 4.69) is 16.0 Å². The van der Waals surface area contributed by atoms with E-state index in [1.165, 1.54) is 12.1 Å². The summed E-state index contributed by atoms with van der Waals surface area (Å²) in [5, 5.41) is 9.08. The van der Waals surface area contributed by atoms with Gasteiger partial charge in [0.1, 0.15) is 5.82 Å². The number of anilines is 1. The first kappa shape index (κ1) is 22.9. The summed E-state index contributed by atoms with van der Waals surface area (Å²) in [4.78, 5) is 25.2. The maximum absolute atomic E-state index is 13.4. The van der Waals surface area contributed by atoms with Gasteiger partial charge in [0.15, 0.2) is 0 Å². The lowest BCUT2D eigenvalue weighted by Crippen LogP contribution is -2.49. The van der Waals surface area contributed by atoms with E-state index in [4.69, 9.17) is 4.74 Å². The zero-order valence-electron chi connectivity index (χ0n) is 18.0. The molecule has 7 heteroatoms. The molecular weight excluding hydrogens is 397 g/mol. The van der Waals surface area contributed by atoms with Gasteiger partial charge in [0.2, 0.25) is 5.91 Å². The molecule has 2 aromatic carbocycles. The Morgan fingerprint density at radius 3 is 2.42 bits per heavy atom. The molecule has 6 nitrogen and oxygen atoms in total. The molecule has 1 aliphatic heterocycles. The summed E-state index contributed by atoms with van der Waals surface area (Å²) in [5.74, 6) is -0.435. The summed E-state index contributed by atoms with van der Waals surface area (Å²) in [6.45, 7) is 5.78. The molecule has 31 heavy (non-hydrogen) atoms. The predicted octanol–water partition coefficient (Wildman–Crippen LogP) is 3.45. The summed E-state index contributed by atoms with van der Waals surface area (Å²) in [5.41, 5.74) is 1.37. The molecule has 1 saturated heterocycles. The molecule has 1 heterocycles. The quantitative estimate of drug-likeness (QED) is 0.603. The molecule has 1 fully saturated rings. The first-order valence-electron chi connectivity index (χ1n) is 10.7. The van der Waals surface area contributed by atoms with Gasteiger partial charge in [0.05, 0.1) is 17.8 Å². The second kappa shape index (κ2) is 10.5. The number of hydrogen-bond donors (Lipinski definition) is 3. The van der Waals surface area contributed by atoms with Gasteiger partial charge in [-0.15, -0.1) is 0 Å². The molecule has 166 valence electrons. The number of carbonyl (C=O) groups is 2. The third kappa shape index (κ3) is 6.12. The van der Waals surface area contributed by atoms with Crippen LogP contribution in [0.5, 0.6) is 0 Å². The molecule has 0 spiro atoms. The van der Waals surface area contributed by atoms with Crippen LogP contribution >= 0.6 is 0 Å². The van der Waals surface area contributed by atoms with E-state index < -0.39 is 5.54 Å². The minimum atomic E-state index is -0.461. The molecule has 2 aromatic rings. The Labute approximate surface area is 182 Å². The molecule has 1 aliphatic rings. The zero-order chi connectivity index (χ0) is 22.3. The fourth-order valence-corrected chi connectivity index (χ4v) is 3.68. The number of halogens is 1. The molecule has 2 amide bonds. The number of para-hydroxylation sites is 1. The highest BCUT2D eigenvalue weighted by Crippen LogP contribution is 2.32. The van der Waals surface area contributed by atoms with E-state index in [1.54, 1.807) is 36.4 Å². The molecule has 0 atom stereocenters. The second-order valence-corrected chi connectivity index (χ2v) is 8.25. The summed E-state index contributed by atoms with van der Waals surface area (Å²) in [6, 6.07) is 13.3. The fraction of sp³-hybridized carbons (Fsp3) is 0.417. The normalized spacial score (nSPS) is 15.5. The topological polar surface area (TPSA) is 79.5 Å². The van der Waals surface area contributed by atoms with Crippen LogP contribution in [0.3, 0.4) is 0 Å². The van der Waals surface area contributed by atoms with E-state index >= 15 is 0 Å². The fourth-order valence-electron chi connectivity index (χ4n) is 3.68. The van der Waals surface area contributed by atoms with E-state index in [1.807, 2.05) is 13.8 Å².